The van der Waals surface area contributed by atoms with E-state index in [9.17, 15) is 10.0 Å². The van der Waals surface area contributed by atoms with Crippen LogP contribution in [0.15, 0.2) is 47.6 Å². The number of hydrogen-bond donors (Lipinski definition) is 3. The number of ether oxygens (including phenoxy) is 1. The van der Waals surface area contributed by atoms with Gasteiger partial charge in [0, 0.05) is 30.2 Å². The fraction of sp³-hybridized carbons (Fsp3) is 0.438. The number of rotatable bonds is 9. The lowest BCUT2D eigenvalue weighted by Gasteiger charge is -2.47. The Hall–Kier alpha value is -4.05. The first-order valence-electron chi connectivity index (χ1n) is 14.8. The number of carbonyl (C=O) groups excluding carboxylic acids is 1. The first kappa shape index (κ1) is 30.4. The number of nitrogens with zero attached hydrogens (tertiary/aromatic N) is 5. The number of amides is 1. The lowest BCUT2D eigenvalue weighted by molar-refractivity contribution is -0.908. The van der Waals surface area contributed by atoms with E-state index in [1.807, 2.05) is 6.07 Å². The Balaban J connectivity index is 1.70. The van der Waals surface area contributed by atoms with Gasteiger partial charge in [-0.25, -0.2) is 19.8 Å². The van der Waals surface area contributed by atoms with E-state index in [4.69, 9.17) is 32.5 Å². The summed E-state index contributed by atoms with van der Waals surface area (Å²) in [4.78, 5) is 27.3. The van der Waals surface area contributed by atoms with Crippen LogP contribution in [0, 0.1) is 24.2 Å². The molecule has 2 saturated carbocycles. The molecular formula is C32H39ClN7O3+. The van der Waals surface area contributed by atoms with Gasteiger partial charge in [-0.05, 0) is 55.9 Å². The Labute approximate surface area is 257 Å². The van der Waals surface area contributed by atoms with Crippen molar-refractivity contribution in [2.75, 3.05) is 18.0 Å². The highest BCUT2D eigenvalue weighted by Gasteiger charge is 2.42. The van der Waals surface area contributed by atoms with Crippen LogP contribution in [0.1, 0.15) is 69.0 Å². The molecule has 0 radical (unpaired) electrons. The third-order valence-electron chi connectivity index (χ3n) is 9.05. The van der Waals surface area contributed by atoms with Crippen molar-refractivity contribution in [2.45, 2.75) is 64.2 Å². The van der Waals surface area contributed by atoms with E-state index >= 15 is 0 Å². The number of benzene rings is 1. The Morgan fingerprint density at radius 1 is 1.26 bits per heavy atom. The van der Waals surface area contributed by atoms with Crippen molar-refractivity contribution >= 4 is 41.8 Å². The number of halogens is 1. The van der Waals surface area contributed by atoms with Gasteiger partial charge >= 0.3 is 6.09 Å². The highest BCUT2D eigenvalue weighted by atomic mass is 35.5. The standard InChI is InChI=1S/C32H38ClN7O3/c1-20-10-12-22(13-11-20)17-39(19-32(14-7-15-32)24-8-5-4-6-9-24)27-26(23-16-25(33)21(2)40(42)18-23)37-30(38-29(27)36-3)28(34)43-31(35)41/h4-6,8-9,16,18,20,22,34H,3,7,10-15,17,19H2,1-2H3,(H2-,35,41,42)/p+1/t20-,22-. The molecule has 0 atom stereocenters. The maximum absolute atomic E-state index is 11.5. The molecule has 2 heterocycles. The van der Waals surface area contributed by atoms with Crippen molar-refractivity contribution in [3.05, 3.63) is 64.7 Å². The van der Waals surface area contributed by atoms with Gasteiger partial charge in [-0.2, -0.15) is 0 Å². The third-order valence-corrected chi connectivity index (χ3v) is 9.43. The third kappa shape index (κ3) is 6.49. The number of nitrogens with one attached hydrogen (secondary N) is 1. The van der Waals surface area contributed by atoms with E-state index in [-0.39, 0.29) is 17.1 Å². The molecule has 2 aliphatic carbocycles. The topological polar surface area (TPSA) is 142 Å². The number of pyridine rings is 1. The van der Waals surface area contributed by atoms with Crippen molar-refractivity contribution in [1.82, 2.24) is 9.97 Å². The Bertz CT molecular complexity index is 1500. The second kappa shape index (κ2) is 12.7. The van der Waals surface area contributed by atoms with E-state index in [0.29, 0.717) is 46.0 Å². The second-order valence-corrected chi connectivity index (χ2v) is 12.4. The molecule has 4 N–H and O–H groups in total. The monoisotopic (exact) mass is 604 g/mol. The van der Waals surface area contributed by atoms with Crippen molar-refractivity contribution in [3.8, 4) is 11.3 Å². The number of aromatic nitrogens is 3. The molecule has 2 fully saturated rings. The molecule has 226 valence electrons. The molecule has 0 aliphatic heterocycles. The number of primary amides is 1. The minimum Gasteiger partial charge on any atom is -0.388 e. The number of anilines is 1. The summed E-state index contributed by atoms with van der Waals surface area (Å²) in [7, 11) is 0. The van der Waals surface area contributed by atoms with Gasteiger partial charge in [0.2, 0.25) is 17.7 Å². The number of hydrogen-bond acceptors (Lipinski definition) is 8. The average molecular weight is 605 g/mol. The van der Waals surface area contributed by atoms with Crippen LogP contribution in [0.3, 0.4) is 0 Å². The zero-order valence-corrected chi connectivity index (χ0v) is 25.5. The number of carbonyl (C=O) groups is 1. The van der Waals surface area contributed by atoms with Crippen molar-refractivity contribution in [2.24, 2.45) is 22.6 Å². The first-order valence-corrected chi connectivity index (χ1v) is 15.1. The maximum Gasteiger partial charge on any atom is 0.411 e. The van der Waals surface area contributed by atoms with Crippen LogP contribution in [0.2, 0.25) is 5.02 Å². The quantitative estimate of drug-likeness (QED) is 0.116. The minimum atomic E-state index is -1.15. The average Bonchev–Trinajstić information content (AvgIpc) is 2.97. The predicted octanol–water partition coefficient (Wildman–Crippen LogP) is 6.14. The SMILES string of the molecule is C=Nc1nc(C(=N)OC(N)=O)nc(-c2cc(Cl)c(C)[n+](O)c2)c1N(CC1(c2ccccc2)CCC1)C[C@H]1CC[C@H](C)CC1. The zero-order valence-electron chi connectivity index (χ0n) is 24.7. The summed E-state index contributed by atoms with van der Waals surface area (Å²) in [6.45, 7) is 9.28. The Morgan fingerprint density at radius 3 is 2.53 bits per heavy atom. The van der Waals surface area contributed by atoms with E-state index in [1.165, 1.54) is 24.6 Å². The Kier molecular flexibility index (Phi) is 8.96. The molecule has 0 spiro atoms. The number of aliphatic imine (C=N–C) groups is 1. The van der Waals surface area contributed by atoms with Gasteiger partial charge < -0.3 is 15.4 Å². The first-order chi connectivity index (χ1) is 20.6. The highest BCUT2D eigenvalue weighted by molar-refractivity contribution is 6.31. The molecule has 43 heavy (non-hydrogen) atoms. The summed E-state index contributed by atoms with van der Waals surface area (Å²) in [6.07, 6.45) is 8.18. The Morgan fingerprint density at radius 2 is 1.95 bits per heavy atom. The molecule has 0 bridgehead atoms. The molecule has 2 aliphatic rings. The van der Waals surface area contributed by atoms with Gasteiger partial charge in [-0.15, -0.1) is 0 Å². The van der Waals surface area contributed by atoms with Crippen molar-refractivity contribution < 1.29 is 19.5 Å². The summed E-state index contributed by atoms with van der Waals surface area (Å²) in [5.74, 6) is 0.601. The second-order valence-electron chi connectivity index (χ2n) is 12.0. The van der Waals surface area contributed by atoms with Crippen LogP contribution >= 0.6 is 11.6 Å². The summed E-state index contributed by atoms with van der Waals surface area (Å²) in [5, 5.41) is 19.3. The molecule has 0 unspecified atom stereocenters. The van der Waals surface area contributed by atoms with Crippen molar-refractivity contribution in [1.29, 1.82) is 5.41 Å². The summed E-state index contributed by atoms with van der Waals surface area (Å²) >= 11 is 6.53. The van der Waals surface area contributed by atoms with Gasteiger partial charge in [0.05, 0.1) is 5.56 Å². The van der Waals surface area contributed by atoms with Crippen LogP contribution in [-0.4, -0.2) is 47.0 Å². The van der Waals surface area contributed by atoms with E-state index in [2.05, 4.69) is 52.8 Å². The molecule has 2 aromatic heterocycles. The highest BCUT2D eigenvalue weighted by Crippen LogP contribution is 2.47. The lowest BCUT2D eigenvalue weighted by Crippen LogP contribution is -2.48. The summed E-state index contributed by atoms with van der Waals surface area (Å²) in [5.41, 5.74) is 8.38. The minimum absolute atomic E-state index is 0.0683. The molecule has 5 rings (SSSR count). The van der Waals surface area contributed by atoms with Crippen LogP contribution in [-0.2, 0) is 10.2 Å². The van der Waals surface area contributed by atoms with Crippen LogP contribution < -0.4 is 15.4 Å². The van der Waals surface area contributed by atoms with Gasteiger partial charge in [0.15, 0.2) is 5.82 Å². The van der Waals surface area contributed by atoms with E-state index in [0.717, 1.165) is 43.4 Å². The van der Waals surface area contributed by atoms with Crippen LogP contribution in [0.25, 0.3) is 11.3 Å². The molecule has 1 amide bonds. The van der Waals surface area contributed by atoms with Crippen LogP contribution in [0.4, 0.5) is 16.3 Å². The molecule has 1 aromatic carbocycles. The molecule has 11 heteroatoms. The summed E-state index contributed by atoms with van der Waals surface area (Å²) in [6, 6.07) is 12.3. The maximum atomic E-state index is 11.5. The lowest BCUT2D eigenvalue weighted by atomic mass is 9.64. The zero-order chi connectivity index (χ0) is 30.7. The fourth-order valence-electron chi connectivity index (χ4n) is 6.40. The largest absolute Gasteiger partial charge is 0.411 e. The molecule has 0 saturated heterocycles. The predicted molar refractivity (Wildman–Crippen MR) is 167 cm³/mol. The van der Waals surface area contributed by atoms with Gasteiger partial charge in [-0.1, -0.05) is 68.1 Å². The van der Waals surface area contributed by atoms with Crippen LogP contribution in [0.5, 0.6) is 0 Å². The van der Waals surface area contributed by atoms with Gasteiger partial charge in [0.25, 0.3) is 5.90 Å². The van der Waals surface area contributed by atoms with E-state index < -0.39 is 12.0 Å². The smallest absolute Gasteiger partial charge is 0.388 e. The van der Waals surface area contributed by atoms with Crippen molar-refractivity contribution in [3.63, 3.8) is 0 Å². The molecule has 3 aromatic rings. The van der Waals surface area contributed by atoms with Gasteiger partial charge in [0.1, 0.15) is 16.4 Å². The molecular weight excluding hydrogens is 566 g/mol. The normalized spacial score (nSPS) is 19.2. The van der Waals surface area contributed by atoms with E-state index in [1.54, 1.807) is 13.0 Å². The number of nitrogens with two attached hydrogens (primary N) is 1. The van der Waals surface area contributed by atoms with Gasteiger partial charge in [-0.3, -0.25) is 10.6 Å². The fourth-order valence-corrected chi connectivity index (χ4v) is 6.60. The molecule has 10 nitrogen and oxygen atoms in total. The summed E-state index contributed by atoms with van der Waals surface area (Å²) < 4.78 is 5.78.